The summed E-state index contributed by atoms with van der Waals surface area (Å²) >= 11 is 0. The Morgan fingerprint density at radius 3 is 3.27 bits per heavy atom. The van der Waals surface area contributed by atoms with Crippen molar-refractivity contribution in [3.63, 3.8) is 0 Å². The van der Waals surface area contributed by atoms with Gasteiger partial charge in [0, 0.05) is 7.05 Å². The van der Waals surface area contributed by atoms with Gasteiger partial charge in [0.05, 0.1) is 25.7 Å². The molecule has 0 saturated carbocycles. The summed E-state index contributed by atoms with van der Waals surface area (Å²) in [5.41, 5.74) is 0.911. The molecule has 1 aliphatic rings. The number of fused-ring (bicyclic) bond motifs is 1. The highest BCUT2D eigenvalue weighted by atomic mass is 16.5. The van der Waals surface area contributed by atoms with Gasteiger partial charge in [0.15, 0.2) is 5.82 Å². The molecular formula is C9H13N3O3. The number of nitrogens with zero attached hydrogens (tertiary/aromatic N) is 3. The van der Waals surface area contributed by atoms with Gasteiger partial charge in [-0.3, -0.25) is 4.79 Å². The third-order valence-electron chi connectivity index (χ3n) is 2.34. The number of rotatable bonds is 2. The number of aromatic nitrogens is 2. The van der Waals surface area contributed by atoms with Crippen molar-refractivity contribution in [3.05, 3.63) is 12.0 Å². The van der Waals surface area contributed by atoms with Gasteiger partial charge in [-0.15, -0.1) is 0 Å². The van der Waals surface area contributed by atoms with E-state index in [0.717, 1.165) is 11.5 Å². The number of methoxy groups -OCH3 is 1. The summed E-state index contributed by atoms with van der Waals surface area (Å²) in [5.74, 6) is 0.577. The lowest BCUT2D eigenvalue weighted by molar-refractivity contribution is -0.141. The number of hydrogen-bond donors (Lipinski definition) is 0. The zero-order valence-corrected chi connectivity index (χ0v) is 8.77. The molecular weight excluding hydrogens is 198 g/mol. The van der Waals surface area contributed by atoms with E-state index in [1.807, 2.05) is 11.9 Å². The van der Waals surface area contributed by atoms with Gasteiger partial charge in [-0.1, -0.05) is 0 Å². The normalized spacial score (nSPS) is 14.9. The quantitative estimate of drug-likeness (QED) is 0.643. The molecule has 15 heavy (non-hydrogen) atoms. The van der Waals surface area contributed by atoms with Crippen LogP contribution in [-0.2, 0) is 27.4 Å². The standard InChI is InChI=1S/C9H13N3O3/c1-11-6-15-4-7-9(11)10-5-12(7)3-8(13)14-2/h5H,3-4,6H2,1-2H3. The lowest BCUT2D eigenvalue weighted by atomic mass is 10.4. The molecule has 0 unspecified atom stereocenters. The van der Waals surface area contributed by atoms with Crippen LogP contribution in [0.15, 0.2) is 6.33 Å². The highest BCUT2D eigenvalue weighted by molar-refractivity contribution is 5.69. The van der Waals surface area contributed by atoms with Gasteiger partial charge >= 0.3 is 5.97 Å². The van der Waals surface area contributed by atoms with E-state index in [4.69, 9.17) is 4.74 Å². The summed E-state index contributed by atoms with van der Waals surface area (Å²) in [4.78, 5) is 17.2. The highest BCUT2D eigenvalue weighted by Gasteiger charge is 2.20. The van der Waals surface area contributed by atoms with Crippen LogP contribution in [0, 0.1) is 0 Å². The number of ether oxygens (including phenoxy) is 2. The minimum absolute atomic E-state index is 0.177. The molecule has 82 valence electrons. The molecule has 0 spiro atoms. The van der Waals surface area contributed by atoms with E-state index in [1.54, 1.807) is 10.9 Å². The summed E-state index contributed by atoms with van der Waals surface area (Å²) < 4.78 is 11.7. The van der Waals surface area contributed by atoms with Gasteiger partial charge in [-0.25, -0.2) is 4.98 Å². The van der Waals surface area contributed by atoms with Crippen molar-refractivity contribution in [3.8, 4) is 0 Å². The molecule has 0 bridgehead atoms. The van der Waals surface area contributed by atoms with Crippen molar-refractivity contribution in [2.24, 2.45) is 0 Å². The second kappa shape index (κ2) is 3.90. The molecule has 1 aliphatic heterocycles. The largest absolute Gasteiger partial charge is 0.468 e. The summed E-state index contributed by atoms with van der Waals surface area (Å²) in [7, 11) is 3.27. The Bertz CT molecular complexity index is 375. The van der Waals surface area contributed by atoms with Gasteiger partial charge in [0.1, 0.15) is 13.3 Å². The summed E-state index contributed by atoms with van der Waals surface area (Å²) in [5, 5.41) is 0. The van der Waals surface area contributed by atoms with Crippen molar-refractivity contribution < 1.29 is 14.3 Å². The molecule has 0 amide bonds. The predicted molar refractivity (Wildman–Crippen MR) is 52.3 cm³/mol. The number of esters is 1. The Morgan fingerprint density at radius 2 is 2.53 bits per heavy atom. The maximum absolute atomic E-state index is 11.1. The van der Waals surface area contributed by atoms with E-state index in [9.17, 15) is 4.79 Å². The van der Waals surface area contributed by atoms with Crippen LogP contribution < -0.4 is 4.90 Å². The van der Waals surface area contributed by atoms with Crippen molar-refractivity contribution in [2.75, 3.05) is 25.8 Å². The number of carbonyl (C=O) groups excluding carboxylic acids is 1. The monoisotopic (exact) mass is 211 g/mol. The van der Waals surface area contributed by atoms with Crippen LogP contribution >= 0.6 is 0 Å². The molecule has 0 aliphatic carbocycles. The molecule has 0 saturated heterocycles. The zero-order valence-electron chi connectivity index (χ0n) is 8.77. The molecule has 0 radical (unpaired) electrons. The molecule has 2 heterocycles. The molecule has 0 fully saturated rings. The van der Waals surface area contributed by atoms with Crippen LogP contribution in [-0.4, -0.2) is 36.4 Å². The van der Waals surface area contributed by atoms with Crippen LogP contribution in [0.2, 0.25) is 0 Å². The van der Waals surface area contributed by atoms with E-state index in [-0.39, 0.29) is 12.5 Å². The van der Waals surface area contributed by atoms with Crippen molar-refractivity contribution in [1.82, 2.24) is 9.55 Å². The first kappa shape index (κ1) is 9.97. The van der Waals surface area contributed by atoms with Crippen molar-refractivity contribution >= 4 is 11.8 Å². The molecule has 2 rings (SSSR count). The van der Waals surface area contributed by atoms with Gasteiger partial charge < -0.3 is 18.9 Å². The lowest BCUT2D eigenvalue weighted by Crippen LogP contribution is -2.28. The second-order valence-electron chi connectivity index (χ2n) is 3.39. The number of imidazole rings is 1. The predicted octanol–water partition coefficient (Wildman–Crippen LogP) is -0.0200. The van der Waals surface area contributed by atoms with Crippen molar-refractivity contribution in [2.45, 2.75) is 13.2 Å². The molecule has 0 aromatic carbocycles. The van der Waals surface area contributed by atoms with Crippen LogP contribution in [0.4, 0.5) is 5.82 Å². The van der Waals surface area contributed by atoms with E-state index < -0.39 is 0 Å². The Hall–Kier alpha value is -1.56. The number of anilines is 1. The third-order valence-corrected chi connectivity index (χ3v) is 2.34. The van der Waals surface area contributed by atoms with Gasteiger partial charge in [0.25, 0.3) is 0 Å². The zero-order chi connectivity index (χ0) is 10.8. The van der Waals surface area contributed by atoms with Gasteiger partial charge in [-0.2, -0.15) is 0 Å². The average Bonchev–Trinajstić information content (AvgIpc) is 2.63. The molecule has 0 atom stereocenters. The fourth-order valence-corrected chi connectivity index (χ4v) is 1.54. The molecule has 6 heteroatoms. The summed E-state index contributed by atoms with van der Waals surface area (Å²) in [6.45, 7) is 1.19. The molecule has 0 N–H and O–H groups in total. The maximum atomic E-state index is 11.1. The fourth-order valence-electron chi connectivity index (χ4n) is 1.54. The third kappa shape index (κ3) is 1.80. The fraction of sp³-hybridized carbons (Fsp3) is 0.556. The first-order valence-corrected chi connectivity index (χ1v) is 4.62. The average molecular weight is 211 g/mol. The highest BCUT2D eigenvalue weighted by Crippen LogP contribution is 2.22. The first-order chi connectivity index (χ1) is 7.22. The Kier molecular flexibility index (Phi) is 2.59. The lowest BCUT2D eigenvalue weighted by Gasteiger charge is -2.24. The Labute approximate surface area is 87.4 Å². The topological polar surface area (TPSA) is 56.6 Å². The molecule has 1 aromatic rings. The first-order valence-electron chi connectivity index (χ1n) is 4.62. The van der Waals surface area contributed by atoms with E-state index in [2.05, 4.69) is 9.72 Å². The van der Waals surface area contributed by atoms with Crippen LogP contribution in [0.3, 0.4) is 0 Å². The number of hydrogen-bond acceptors (Lipinski definition) is 5. The number of carbonyl (C=O) groups is 1. The smallest absolute Gasteiger partial charge is 0.325 e. The molecule has 1 aromatic heterocycles. The van der Waals surface area contributed by atoms with Crippen LogP contribution in [0.1, 0.15) is 5.69 Å². The SMILES string of the molecule is COC(=O)Cn1cnc2c1COCN2C. The maximum Gasteiger partial charge on any atom is 0.325 e. The van der Waals surface area contributed by atoms with E-state index in [0.29, 0.717) is 13.3 Å². The van der Waals surface area contributed by atoms with Crippen LogP contribution in [0.25, 0.3) is 0 Å². The Morgan fingerprint density at radius 1 is 1.73 bits per heavy atom. The van der Waals surface area contributed by atoms with Gasteiger partial charge in [-0.05, 0) is 0 Å². The minimum atomic E-state index is -0.288. The second-order valence-corrected chi connectivity index (χ2v) is 3.39. The summed E-state index contributed by atoms with van der Waals surface area (Å²) in [6, 6.07) is 0. The summed E-state index contributed by atoms with van der Waals surface area (Å²) in [6.07, 6.45) is 1.63. The van der Waals surface area contributed by atoms with Gasteiger partial charge in [0.2, 0.25) is 0 Å². The minimum Gasteiger partial charge on any atom is -0.468 e. The van der Waals surface area contributed by atoms with Crippen LogP contribution in [0.5, 0.6) is 0 Å². The Balaban J connectivity index is 2.23. The van der Waals surface area contributed by atoms with E-state index in [1.165, 1.54) is 7.11 Å². The van der Waals surface area contributed by atoms with E-state index >= 15 is 0 Å². The molecule has 6 nitrogen and oxygen atoms in total. The van der Waals surface area contributed by atoms with Crippen molar-refractivity contribution in [1.29, 1.82) is 0 Å².